The highest BCUT2D eigenvalue weighted by molar-refractivity contribution is 5.73. The van der Waals surface area contributed by atoms with Crippen LogP contribution in [0.5, 0.6) is 0 Å². The number of nitrogens with one attached hydrogen (secondary N) is 1. The maximum atomic E-state index is 4.86. The first-order valence-corrected chi connectivity index (χ1v) is 7.38. The molecule has 1 saturated heterocycles. The van der Waals surface area contributed by atoms with Crippen molar-refractivity contribution >= 4 is 11.2 Å². The number of rotatable bonds is 2. The largest absolute Gasteiger partial charge is 0.317 e. The van der Waals surface area contributed by atoms with Crippen molar-refractivity contribution in [2.75, 3.05) is 13.1 Å². The van der Waals surface area contributed by atoms with E-state index in [1.54, 1.807) is 6.20 Å². The van der Waals surface area contributed by atoms with Gasteiger partial charge in [0.1, 0.15) is 11.3 Å². The molecule has 1 aliphatic rings. The summed E-state index contributed by atoms with van der Waals surface area (Å²) >= 11 is 0. The van der Waals surface area contributed by atoms with E-state index in [1.807, 2.05) is 30.6 Å². The Morgan fingerprint density at radius 2 is 1.95 bits per heavy atom. The molecule has 0 spiro atoms. The van der Waals surface area contributed by atoms with Crippen LogP contribution in [-0.4, -0.2) is 32.6 Å². The molecule has 1 N–H and O–H groups in total. The Bertz CT molecular complexity index is 744. The van der Waals surface area contributed by atoms with Gasteiger partial charge < -0.3 is 5.32 Å². The molecule has 4 heterocycles. The number of aromatic nitrogens is 4. The molecular weight excluding hydrogens is 262 g/mol. The fourth-order valence-electron chi connectivity index (χ4n) is 3.02. The van der Waals surface area contributed by atoms with Crippen LogP contribution >= 0.6 is 0 Å². The molecule has 3 aromatic heterocycles. The first kappa shape index (κ1) is 12.5. The molecule has 0 atom stereocenters. The molecule has 0 amide bonds. The van der Waals surface area contributed by atoms with Crippen molar-refractivity contribution < 1.29 is 0 Å². The van der Waals surface area contributed by atoms with Gasteiger partial charge in [0.05, 0.1) is 11.9 Å². The summed E-state index contributed by atoms with van der Waals surface area (Å²) < 4.78 is 2.16. The number of fused-ring (bicyclic) bond motifs is 1. The first-order valence-electron chi connectivity index (χ1n) is 7.38. The van der Waals surface area contributed by atoms with Crippen molar-refractivity contribution in [1.82, 2.24) is 24.8 Å². The molecule has 0 unspecified atom stereocenters. The molecule has 3 aromatic rings. The number of nitrogens with zero attached hydrogens (tertiary/aromatic N) is 4. The lowest BCUT2D eigenvalue weighted by atomic mass is 9.97. The summed E-state index contributed by atoms with van der Waals surface area (Å²) in [7, 11) is 0. The van der Waals surface area contributed by atoms with Gasteiger partial charge >= 0.3 is 0 Å². The van der Waals surface area contributed by atoms with Crippen LogP contribution < -0.4 is 5.32 Å². The van der Waals surface area contributed by atoms with Crippen LogP contribution in [0.2, 0.25) is 0 Å². The van der Waals surface area contributed by atoms with Crippen LogP contribution in [0.15, 0.2) is 42.9 Å². The van der Waals surface area contributed by atoms with E-state index in [4.69, 9.17) is 4.98 Å². The van der Waals surface area contributed by atoms with Crippen LogP contribution in [0, 0.1) is 0 Å². The third kappa shape index (κ3) is 2.19. The zero-order chi connectivity index (χ0) is 14.1. The van der Waals surface area contributed by atoms with E-state index >= 15 is 0 Å². The molecule has 106 valence electrons. The lowest BCUT2D eigenvalue weighted by molar-refractivity contribution is 0.442. The van der Waals surface area contributed by atoms with Gasteiger partial charge in [-0.25, -0.2) is 9.97 Å². The third-order valence-corrected chi connectivity index (χ3v) is 4.05. The Hall–Kier alpha value is -2.27. The summed E-state index contributed by atoms with van der Waals surface area (Å²) in [6.45, 7) is 2.10. The minimum Gasteiger partial charge on any atom is -0.317 e. The third-order valence-electron chi connectivity index (χ3n) is 4.05. The van der Waals surface area contributed by atoms with Gasteiger partial charge in [0.15, 0.2) is 5.65 Å². The molecular formula is C16H17N5. The highest BCUT2D eigenvalue weighted by Gasteiger charge is 2.23. The average Bonchev–Trinajstić information content (AvgIpc) is 2.96. The van der Waals surface area contributed by atoms with E-state index < -0.39 is 0 Å². The Morgan fingerprint density at radius 1 is 1.10 bits per heavy atom. The van der Waals surface area contributed by atoms with E-state index in [1.165, 1.54) is 0 Å². The molecule has 21 heavy (non-hydrogen) atoms. The molecule has 1 aliphatic heterocycles. The zero-order valence-electron chi connectivity index (χ0n) is 11.7. The molecule has 0 radical (unpaired) electrons. The van der Waals surface area contributed by atoms with E-state index in [2.05, 4.69) is 25.9 Å². The maximum Gasteiger partial charge on any atom is 0.164 e. The van der Waals surface area contributed by atoms with Crippen LogP contribution in [0.4, 0.5) is 0 Å². The molecule has 1 fully saturated rings. The van der Waals surface area contributed by atoms with Crippen LogP contribution in [0.25, 0.3) is 16.9 Å². The molecule has 5 nitrogen and oxygen atoms in total. The number of piperidine rings is 1. The van der Waals surface area contributed by atoms with Crippen molar-refractivity contribution in [3.05, 3.63) is 48.7 Å². The van der Waals surface area contributed by atoms with Crippen molar-refractivity contribution in [1.29, 1.82) is 0 Å². The lowest BCUT2D eigenvalue weighted by Gasteiger charge is -2.23. The number of pyridine rings is 2. The summed E-state index contributed by atoms with van der Waals surface area (Å²) in [5.41, 5.74) is 2.90. The summed E-state index contributed by atoms with van der Waals surface area (Å²) in [6, 6.07) is 7.98. The van der Waals surface area contributed by atoms with Gasteiger partial charge in [-0.1, -0.05) is 0 Å². The van der Waals surface area contributed by atoms with Gasteiger partial charge in [-0.05, 0) is 50.2 Å². The van der Waals surface area contributed by atoms with Crippen LogP contribution in [0.3, 0.4) is 0 Å². The van der Waals surface area contributed by atoms with E-state index in [-0.39, 0.29) is 0 Å². The molecule has 0 aromatic carbocycles. The van der Waals surface area contributed by atoms with Gasteiger partial charge in [0, 0.05) is 18.3 Å². The van der Waals surface area contributed by atoms with E-state index in [9.17, 15) is 0 Å². The smallest absolute Gasteiger partial charge is 0.164 e. The van der Waals surface area contributed by atoms with Gasteiger partial charge in [-0.3, -0.25) is 9.55 Å². The Kier molecular flexibility index (Phi) is 3.12. The second-order valence-corrected chi connectivity index (χ2v) is 5.39. The van der Waals surface area contributed by atoms with Crippen molar-refractivity contribution in [3.63, 3.8) is 0 Å². The Morgan fingerprint density at radius 3 is 2.76 bits per heavy atom. The Labute approximate surface area is 123 Å². The van der Waals surface area contributed by atoms with Gasteiger partial charge in [-0.2, -0.15) is 0 Å². The SMILES string of the molecule is c1cncc(-n2c(C3CCNCC3)nc3cccnc32)c1. The van der Waals surface area contributed by atoms with Crippen molar-refractivity contribution in [2.45, 2.75) is 18.8 Å². The minimum atomic E-state index is 0.473. The van der Waals surface area contributed by atoms with Crippen molar-refractivity contribution in [3.8, 4) is 5.69 Å². The lowest BCUT2D eigenvalue weighted by Crippen LogP contribution is -2.28. The number of hydrogen-bond donors (Lipinski definition) is 1. The fourth-order valence-corrected chi connectivity index (χ4v) is 3.02. The fraction of sp³-hybridized carbons (Fsp3) is 0.312. The summed E-state index contributed by atoms with van der Waals surface area (Å²) in [4.78, 5) is 13.6. The van der Waals surface area contributed by atoms with Crippen LogP contribution in [0.1, 0.15) is 24.6 Å². The first-order chi connectivity index (χ1) is 10.4. The quantitative estimate of drug-likeness (QED) is 0.782. The summed E-state index contributed by atoms with van der Waals surface area (Å²) in [5.74, 6) is 1.58. The zero-order valence-corrected chi connectivity index (χ0v) is 11.7. The standard InChI is InChI=1S/C16H17N5/c1-3-13(11-18-7-1)21-15(12-5-9-17-10-6-12)20-14-4-2-8-19-16(14)21/h1-4,7-8,11-12,17H,5-6,9-10H2. The van der Waals surface area contributed by atoms with E-state index in [0.29, 0.717) is 5.92 Å². The predicted octanol–water partition coefficient (Wildman–Crippen LogP) is 2.28. The normalized spacial score (nSPS) is 16.4. The second kappa shape index (κ2) is 5.26. The monoisotopic (exact) mass is 279 g/mol. The molecule has 5 heteroatoms. The summed E-state index contributed by atoms with van der Waals surface area (Å²) in [6.07, 6.45) is 7.72. The van der Waals surface area contributed by atoms with Gasteiger partial charge in [0.25, 0.3) is 0 Å². The minimum absolute atomic E-state index is 0.473. The highest BCUT2D eigenvalue weighted by Crippen LogP contribution is 2.29. The van der Waals surface area contributed by atoms with E-state index in [0.717, 1.165) is 48.6 Å². The highest BCUT2D eigenvalue weighted by atomic mass is 15.1. The molecule has 4 rings (SSSR count). The Balaban J connectivity index is 1.92. The predicted molar refractivity (Wildman–Crippen MR) is 81.5 cm³/mol. The summed E-state index contributed by atoms with van der Waals surface area (Å²) in [5, 5.41) is 3.41. The second-order valence-electron chi connectivity index (χ2n) is 5.39. The average molecular weight is 279 g/mol. The maximum absolute atomic E-state index is 4.86. The number of hydrogen-bond acceptors (Lipinski definition) is 4. The van der Waals surface area contributed by atoms with Gasteiger partial charge in [0.2, 0.25) is 0 Å². The van der Waals surface area contributed by atoms with Crippen LogP contribution in [-0.2, 0) is 0 Å². The molecule has 0 bridgehead atoms. The van der Waals surface area contributed by atoms with Crippen molar-refractivity contribution in [2.24, 2.45) is 0 Å². The van der Waals surface area contributed by atoms with Gasteiger partial charge in [-0.15, -0.1) is 0 Å². The topological polar surface area (TPSA) is 55.6 Å². The number of imidazole rings is 1. The molecule has 0 saturated carbocycles. The molecule has 0 aliphatic carbocycles.